The third-order valence-electron chi connectivity index (χ3n) is 11.9. The molecule has 0 saturated carbocycles. The fourth-order valence-corrected chi connectivity index (χ4v) is 7.66. The molecule has 0 spiro atoms. The number of hydrogen-bond donors (Lipinski definition) is 0. The van der Waals surface area contributed by atoms with Gasteiger partial charge in [-0.2, -0.15) is 0 Å². The van der Waals surface area contributed by atoms with E-state index in [1.165, 1.54) is 167 Å². The lowest BCUT2D eigenvalue weighted by molar-refractivity contribution is -0.870. The normalized spacial score (nSPS) is 13.1. The maximum atomic E-state index is 12.8. The molecule has 0 heterocycles. The van der Waals surface area contributed by atoms with E-state index in [2.05, 4.69) is 50.3 Å². The number of unbranched alkanes of at least 4 members (excludes halogenated alkanes) is 29. The number of allylic oxidation sites excluding steroid dienone is 6. The Morgan fingerprint density at radius 1 is 0.462 bits per heavy atom. The molecule has 0 N–H and O–H groups in total. The molecule has 0 aliphatic heterocycles. The second kappa shape index (κ2) is 48.0. The lowest BCUT2D eigenvalue weighted by atomic mass is 10.0. The Hall–Kier alpha value is -2.49. The van der Waals surface area contributed by atoms with Crippen molar-refractivity contribution in [1.82, 2.24) is 0 Å². The smallest absolute Gasteiger partial charge is 0.306 e. The van der Waals surface area contributed by atoms with Gasteiger partial charge in [0.15, 0.2) is 12.4 Å². The van der Waals surface area contributed by atoms with E-state index >= 15 is 0 Å². The summed E-state index contributed by atoms with van der Waals surface area (Å²) >= 11 is 0. The van der Waals surface area contributed by atoms with Crippen molar-refractivity contribution in [2.24, 2.45) is 0 Å². The van der Waals surface area contributed by atoms with Gasteiger partial charge < -0.3 is 33.3 Å². The number of likely N-dealkylation sites (N-methyl/N-ethyl adjacent to an activating group) is 1. The van der Waals surface area contributed by atoms with Crippen molar-refractivity contribution in [3.8, 4) is 0 Å². The average molecular weight is 918 g/mol. The summed E-state index contributed by atoms with van der Waals surface area (Å²) in [5.41, 5.74) is 0. The molecule has 0 aromatic rings. The van der Waals surface area contributed by atoms with Crippen LogP contribution in [0.2, 0.25) is 0 Å². The number of carboxylic acid groups (broad SMARTS) is 1. The van der Waals surface area contributed by atoms with Crippen LogP contribution in [0.25, 0.3) is 0 Å². The summed E-state index contributed by atoms with van der Waals surface area (Å²) < 4.78 is 22.6. The van der Waals surface area contributed by atoms with Gasteiger partial charge in [0.25, 0.3) is 0 Å². The Morgan fingerprint density at radius 2 is 0.831 bits per heavy atom. The van der Waals surface area contributed by atoms with Crippen molar-refractivity contribution in [3.05, 3.63) is 36.5 Å². The van der Waals surface area contributed by atoms with Crippen molar-refractivity contribution < 1.29 is 42.9 Å². The lowest BCUT2D eigenvalue weighted by Crippen LogP contribution is -2.44. The van der Waals surface area contributed by atoms with Crippen molar-refractivity contribution in [2.45, 2.75) is 257 Å². The van der Waals surface area contributed by atoms with E-state index < -0.39 is 24.3 Å². The highest BCUT2D eigenvalue weighted by molar-refractivity contribution is 5.70. The Balaban J connectivity index is 4.14. The Bertz CT molecular complexity index is 1160. The molecule has 0 saturated heterocycles. The molecule has 0 aliphatic carbocycles. The van der Waals surface area contributed by atoms with E-state index in [0.717, 1.165) is 44.9 Å². The van der Waals surface area contributed by atoms with Gasteiger partial charge in [0.2, 0.25) is 0 Å². The van der Waals surface area contributed by atoms with Crippen LogP contribution in [0.1, 0.15) is 245 Å². The first-order valence-electron chi connectivity index (χ1n) is 27.1. The zero-order chi connectivity index (χ0) is 47.7. The van der Waals surface area contributed by atoms with Crippen molar-refractivity contribution >= 4 is 17.9 Å². The van der Waals surface area contributed by atoms with Crippen molar-refractivity contribution in [1.29, 1.82) is 0 Å². The number of aliphatic carboxylic acids is 1. The fraction of sp³-hybridized carbons (Fsp3) is 0.839. The Labute approximate surface area is 400 Å². The Kier molecular flexibility index (Phi) is 46.1. The third-order valence-corrected chi connectivity index (χ3v) is 11.9. The summed E-state index contributed by atoms with van der Waals surface area (Å²) in [6.07, 6.45) is 53.4. The number of carboxylic acids is 1. The number of rotatable bonds is 50. The monoisotopic (exact) mass is 918 g/mol. The quantitative estimate of drug-likeness (QED) is 0.0195. The number of esters is 2. The van der Waals surface area contributed by atoms with Gasteiger partial charge in [0.05, 0.1) is 40.3 Å². The van der Waals surface area contributed by atoms with Crippen LogP contribution >= 0.6 is 0 Å². The minimum absolute atomic E-state index is 0.149. The molecule has 65 heavy (non-hydrogen) atoms. The van der Waals surface area contributed by atoms with Crippen LogP contribution in [-0.4, -0.2) is 82.3 Å². The highest BCUT2D eigenvalue weighted by Gasteiger charge is 2.22. The Morgan fingerprint density at radius 3 is 1.23 bits per heavy atom. The molecule has 0 aliphatic rings. The van der Waals surface area contributed by atoms with Gasteiger partial charge in [-0.3, -0.25) is 9.59 Å². The number of hydrogen-bond acceptors (Lipinski definition) is 8. The molecule has 0 radical (unpaired) electrons. The topological polar surface area (TPSA) is 111 Å². The second-order valence-electron chi connectivity index (χ2n) is 19.5. The summed E-state index contributed by atoms with van der Waals surface area (Å²) in [4.78, 5) is 37.1. The maximum absolute atomic E-state index is 12.8. The molecule has 0 aromatic carbocycles. The molecule has 9 heteroatoms. The minimum atomic E-state index is -1.62. The lowest BCUT2D eigenvalue weighted by Gasteiger charge is -2.26. The number of carbonyl (C=O) groups excluding carboxylic acids is 3. The first-order valence-corrected chi connectivity index (χ1v) is 27.1. The summed E-state index contributed by atoms with van der Waals surface area (Å²) in [5, 5.41) is 11.7. The third kappa shape index (κ3) is 49.2. The van der Waals surface area contributed by atoms with E-state index in [4.69, 9.17) is 18.9 Å². The van der Waals surface area contributed by atoms with Crippen molar-refractivity contribution in [3.63, 3.8) is 0 Å². The van der Waals surface area contributed by atoms with Gasteiger partial charge in [-0.25, -0.2) is 0 Å². The summed E-state index contributed by atoms with van der Waals surface area (Å²) in [6.45, 7) is 4.74. The highest BCUT2D eigenvalue weighted by Crippen LogP contribution is 2.16. The standard InChI is InChI=1S/C56H103NO8/c1-6-8-10-12-14-16-18-19-20-21-22-23-24-25-26-27-28-29-30-31-32-33-34-35-37-39-41-43-45-47-54(59)65-52(51-64-56(55(60)61)62-49-48-57(3,4)5)50-63-53(58)46-44-42-40-38-36-17-15-13-11-9-7-2/h18-19,21-22,24-25,52,56H,6-17,20,23,26-51H2,1-5H3/b19-18-,22-21-,25-24-. The maximum Gasteiger partial charge on any atom is 0.306 e. The zero-order valence-electron chi connectivity index (χ0n) is 43.1. The van der Waals surface area contributed by atoms with Gasteiger partial charge in [-0.1, -0.05) is 217 Å². The molecule has 0 bridgehead atoms. The predicted octanol–water partition coefficient (Wildman–Crippen LogP) is 14.0. The molecule has 0 aromatic heterocycles. The van der Waals surface area contributed by atoms with E-state index in [9.17, 15) is 19.5 Å². The minimum Gasteiger partial charge on any atom is -0.545 e. The summed E-state index contributed by atoms with van der Waals surface area (Å²) in [6, 6.07) is 0. The molecular weight excluding hydrogens is 815 g/mol. The predicted molar refractivity (Wildman–Crippen MR) is 269 cm³/mol. The van der Waals surface area contributed by atoms with E-state index in [-0.39, 0.29) is 32.2 Å². The van der Waals surface area contributed by atoms with Crippen LogP contribution < -0.4 is 5.11 Å². The first kappa shape index (κ1) is 62.5. The van der Waals surface area contributed by atoms with Crippen LogP contribution in [-0.2, 0) is 33.3 Å². The van der Waals surface area contributed by atoms with Gasteiger partial charge in [0.1, 0.15) is 13.2 Å². The number of quaternary nitrogens is 1. The van der Waals surface area contributed by atoms with Crippen LogP contribution in [0.5, 0.6) is 0 Å². The molecule has 2 unspecified atom stereocenters. The van der Waals surface area contributed by atoms with Gasteiger partial charge in [-0.15, -0.1) is 0 Å². The molecule has 9 nitrogen and oxygen atoms in total. The van der Waals surface area contributed by atoms with E-state index in [1.807, 2.05) is 21.1 Å². The molecule has 0 rings (SSSR count). The first-order chi connectivity index (χ1) is 31.6. The van der Waals surface area contributed by atoms with Crippen LogP contribution in [0.15, 0.2) is 36.5 Å². The SMILES string of the molecule is CCCCCCC/C=C\C/C=C\C/C=C\CCCCCCCCCCCCCCCCC(=O)OC(COC(=O)CCCCCCCCCCCCC)COC(OCC[N+](C)(C)C)C(=O)[O-]. The molecule has 0 fully saturated rings. The number of ether oxygens (including phenoxy) is 4. The van der Waals surface area contributed by atoms with E-state index in [0.29, 0.717) is 23.9 Å². The average Bonchev–Trinajstić information content (AvgIpc) is 3.27. The molecular formula is C56H103NO8. The molecule has 380 valence electrons. The van der Waals surface area contributed by atoms with Gasteiger partial charge in [-0.05, 0) is 51.4 Å². The van der Waals surface area contributed by atoms with Gasteiger partial charge >= 0.3 is 11.9 Å². The number of carbonyl (C=O) groups is 3. The van der Waals surface area contributed by atoms with Gasteiger partial charge in [0, 0.05) is 12.8 Å². The van der Waals surface area contributed by atoms with Crippen LogP contribution in [0, 0.1) is 0 Å². The highest BCUT2D eigenvalue weighted by atomic mass is 16.7. The fourth-order valence-electron chi connectivity index (χ4n) is 7.66. The largest absolute Gasteiger partial charge is 0.545 e. The number of nitrogens with zero attached hydrogens (tertiary/aromatic N) is 1. The summed E-state index contributed by atoms with van der Waals surface area (Å²) in [5.74, 6) is -2.27. The molecule has 0 amide bonds. The zero-order valence-corrected chi connectivity index (χ0v) is 43.1. The van der Waals surface area contributed by atoms with E-state index in [1.54, 1.807) is 0 Å². The van der Waals surface area contributed by atoms with Crippen LogP contribution in [0.4, 0.5) is 0 Å². The second-order valence-corrected chi connectivity index (χ2v) is 19.5. The van der Waals surface area contributed by atoms with Crippen molar-refractivity contribution in [2.75, 3.05) is 47.5 Å². The summed E-state index contributed by atoms with van der Waals surface area (Å²) in [7, 11) is 5.92. The van der Waals surface area contributed by atoms with Crippen LogP contribution in [0.3, 0.4) is 0 Å². The molecule has 2 atom stereocenters.